The van der Waals surface area contributed by atoms with E-state index in [-0.39, 0.29) is 0 Å². The highest BCUT2D eigenvalue weighted by molar-refractivity contribution is 5.68. The Morgan fingerprint density at radius 1 is 1.00 bits per heavy atom. The third-order valence-corrected chi connectivity index (χ3v) is 3.38. The van der Waals surface area contributed by atoms with Crippen LogP contribution in [-0.4, -0.2) is 16.5 Å². The van der Waals surface area contributed by atoms with Gasteiger partial charge >= 0.3 is 0 Å². The van der Waals surface area contributed by atoms with E-state index in [1.807, 2.05) is 0 Å². The second-order valence-corrected chi connectivity index (χ2v) is 5.11. The van der Waals surface area contributed by atoms with Gasteiger partial charge in [0.15, 0.2) is 0 Å². The first kappa shape index (κ1) is 14.5. The predicted molar refractivity (Wildman–Crippen MR) is 85.1 cm³/mol. The lowest BCUT2D eigenvalue weighted by Gasteiger charge is -2.13. The molecule has 2 rings (SSSR count). The van der Waals surface area contributed by atoms with E-state index in [9.17, 15) is 0 Å². The monoisotopic (exact) mass is 269 g/mol. The lowest BCUT2D eigenvalue weighted by Crippen LogP contribution is -2.08. The van der Waals surface area contributed by atoms with Crippen LogP contribution in [0.4, 0.5) is 5.82 Å². The Morgan fingerprint density at radius 3 is 2.30 bits per heavy atom. The summed E-state index contributed by atoms with van der Waals surface area (Å²) in [6, 6.07) is 8.52. The zero-order chi connectivity index (χ0) is 14.5. The quantitative estimate of drug-likeness (QED) is 0.886. The Morgan fingerprint density at radius 2 is 1.70 bits per heavy atom. The average molecular weight is 269 g/mol. The zero-order valence-electron chi connectivity index (χ0n) is 12.8. The van der Waals surface area contributed by atoms with Crippen molar-refractivity contribution in [1.82, 2.24) is 9.97 Å². The van der Waals surface area contributed by atoms with Gasteiger partial charge in [0.2, 0.25) is 0 Å². The molecule has 0 unspecified atom stereocenters. The molecular formula is C17H23N3. The molecule has 0 aliphatic carbocycles. The van der Waals surface area contributed by atoms with Crippen molar-refractivity contribution in [2.45, 2.75) is 40.5 Å². The fourth-order valence-corrected chi connectivity index (χ4v) is 2.13. The molecule has 1 N–H and O–H groups in total. The standard InChI is InChI=1S/C17H23N3/c1-5-11-18-17-13(4)16(19-15(6-2)20-17)14-9-7-12(3)8-10-14/h7-10H,5-6,11H2,1-4H3,(H,18,19,20). The first-order chi connectivity index (χ1) is 9.65. The van der Waals surface area contributed by atoms with E-state index in [1.54, 1.807) is 0 Å². The maximum atomic E-state index is 4.71. The van der Waals surface area contributed by atoms with Crippen LogP contribution in [0, 0.1) is 13.8 Å². The molecule has 0 aliphatic heterocycles. The van der Waals surface area contributed by atoms with Gasteiger partial charge in [-0.15, -0.1) is 0 Å². The fourth-order valence-electron chi connectivity index (χ4n) is 2.13. The first-order valence-electron chi connectivity index (χ1n) is 7.34. The van der Waals surface area contributed by atoms with Crippen molar-refractivity contribution in [3.8, 4) is 11.3 Å². The van der Waals surface area contributed by atoms with Crippen LogP contribution < -0.4 is 5.32 Å². The Balaban J connectivity index is 2.48. The van der Waals surface area contributed by atoms with Crippen LogP contribution in [0.3, 0.4) is 0 Å². The third kappa shape index (κ3) is 3.16. The normalized spacial score (nSPS) is 10.6. The minimum atomic E-state index is 0.847. The molecule has 1 aromatic heterocycles. The molecule has 3 heteroatoms. The van der Waals surface area contributed by atoms with Crippen molar-refractivity contribution in [2.75, 3.05) is 11.9 Å². The molecule has 3 nitrogen and oxygen atoms in total. The molecule has 2 aromatic rings. The zero-order valence-corrected chi connectivity index (χ0v) is 12.8. The van der Waals surface area contributed by atoms with Gasteiger partial charge in [-0.1, -0.05) is 43.7 Å². The molecule has 1 heterocycles. The van der Waals surface area contributed by atoms with E-state index < -0.39 is 0 Å². The summed E-state index contributed by atoms with van der Waals surface area (Å²) in [5, 5.41) is 3.41. The van der Waals surface area contributed by atoms with Crippen LogP contribution in [0.2, 0.25) is 0 Å². The predicted octanol–water partition coefficient (Wildman–Crippen LogP) is 4.14. The van der Waals surface area contributed by atoms with Crippen molar-refractivity contribution in [2.24, 2.45) is 0 Å². The van der Waals surface area contributed by atoms with Gasteiger partial charge in [-0.25, -0.2) is 9.97 Å². The van der Waals surface area contributed by atoms with E-state index in [4.69, 9.17) is 4.98 Å². The molecule has 0 radical (unpaired) electrons. The van der Waals surface area contributed by atoms with Crippen LogP contribution in [0.1, 0.15) is 37.2 Å². The topological polar surface area (TPSA) is 37.8 Å². The van der Waals surface area contributed by atoms with Crippen molar-refractivity contribution >= 4 is 5.82 Å². The molecule has 0 amide bonds. The van der Waals surface area contributed by atoms with Gasteiger partial charge in [-0.2, -0.15) is 0 Å². The van der Waals surface area contributed by atoms with Gasteiger partial charge in [0.1, 0.15) is 11.6 Å². The summed E-state index contributed by atoms with van der Waals surface area (Å²) in [5.74, 6) is 1.86. The first-order valence-corrected chi connectivity index (χ1v) is 7.34. The Hall–Kier alpha value is -1.90. The fraction of sp³-hybridized carbons (Fsp3) is 0.412. The Labute approximate surface area is 121 Å². The van der Waals surface area contributed by atoms with E-state index in [2.05, 4.69) is 62.3 Å². The van der Waals surface area contributed by atoms with E-state index in [0.29, 0.717) is 0 Å². The molecule has 0 atom stereocenters. The largest absolute Gasteiger partial charge is 0.370 e. The van der Waals surface area contributed by atoms with Crippen LogP contribution in [0.25, 0.3) is 11.3 Å². The van der Waals surface area contributed by atoms with Crippen molar-refractivity contribution in [3.05, 3.63) is 41.2 Å². The van der Waals surface area contributed by atoms with E-state index in [0.717, 1.165) is 47.8 Å². The highest BCUT2D eigenvalue weighted by atomic mass is 15.0. The molecular weight excluding hydrogens is 246 g/mol. The molecule has 0 aliphatic rings. The molecule has 0 saturated heterocycles. The van der Waals surface area contributed by atoms with Crippen LogP contribution >= 0.6 is 0 Å². The third-order valence-electron chi connectivity index (χ3n) is 3.38. The van der Waals surface area contributed by atoms with Crippen molar-refractivity contribution < 1.29 is 0 Å². The second-order valence-electron chi connectivity index (χ2n) is 5.11. The molecule has 20 heavy (non-hydrogen) atoms. The summed E-state index contributed by atoms with van der Waals surface area (Å²) in [5.41, 5.74) is 4.58. The summed E-state index contributed by atoms with van der Waals surface area (Å²) in [7, 11) is 0. The van der Waals surface area contributed by atoms with Gasteiger partial charge in [-0.3, -0.25) is 0 Å². The van der Waals surface area contributed by atoms with Gasteiger partial charge < -0.3 is 5.32 Å². The number of benzene rings is 1. The summed E-state index contributed by atoms with van der Waals surface area (Å²) in [6.07, 6.45) is 1.94. The van der Waals surface area contributed by atoms with Crippen LogP contribution in [0.5, 0.6) is 0 Å². The Kier molecular flexibility index (Phi) is 4.72. The van der Waals surface area contributed by atoms with Crippen molar-refractivity contribution in [3.63, 3.8) is 0 Å². The van der Waals surface area contributed by atoms with Gasteiger partial charge in [0, 0.05) is 24.1 Å². The SMILES string of the molecule is CCCNc1nc(CC)nc(-c2ccc(C)cc2)c1C. The number of hydrogen-bond acceptors (Lipinski definition) is 3. The number of aromatic nitrogens is 2. The summed E-state index contributed by atoms with van der Waals surface area (Å²) >= 11 is 0. The second kappa shape index (κ2) is 6.51. The van der Waals surface area contributed by atoms with Crippen molar-refractivity contribution in [1.29, 1.82) is 0 Å². The minimum absolute atomic E-state index is 0.847. The maximum Gasteiger partial charge on any atom is 0.133 e. The van der Waals surface area contributed by atoms with Gasteiger partial charge in [0.05, 0.1) is 5.69 Å². The van der Waals surface area contributed by atoms with Gasteiger partial charge in [0.25, 0.3) is 0 Å². The Bertz CT molecular complexity index is 574. The summed E-state index contributed by atoms with van der Waals surface area (Å²) in [6.45, 7) is 9.38. The van der Waals surface area contributed by atoms with Crippen LogP contribution in [0.15, 0.2) is 24.3 Å². The summed E-state index contributed by atoms with van der Waals surface area (Å²) < 4.78 is 0. The molecule has 0 bridgehead atoms. The highest BCUT2D eigenvalue weighted by Crippen LogP contribution is 2.26. The van der Waals surface area contributed by atoms with E-state index in [1.165, 1.54) is 5.56 Å². The molecule has 0 fully saturated rings. The molecule has 0 saturated carbocycles. The number of nitrogens with zero attached hydrogens (tertiary/aromatic N) is 2. The van der Waals surface area contributed by atoms with Gasteiger partial charge in [-0.05, 0) is 20.3 Å². The average Bonchev–Trinajstić information content (AvgIpc) is 2.47. The van der Waals surface area contributed by atoms with E-state index >= 15 is 0 Å². The summed E-state index contributed by atoms with van der Waals surface area (Å²) in [4.78, 5) is 9.32. The molecule has 1 aromatic carbocycles. The van der Waals surface area contributed by atoms with Crippen LogP contribution in [-0.2, 0) is 6.42 Å². The maximum absolute atomic E-state index is 4.71. The number of aryl methyl sites for hydroxylation is 2. The lowest BCUT2D eigenvalue weighted by atomic mass is 10.1. The number of rotatable bonds is 5. The number of hydrogen-bond donors (Lipinski definition) is 1. The lowest BCUT2D eigenvalue weighted by molar-refractivity contribution is 0.911. The number of nitrogens with one attached hydrogen (secondary N) is 1. The molecule has 0 spiro atoms. The highest BCUT2D eigenvalue weighted by Gasteiger charge is 2.11. The minimum Gasteiger partial charge on any atom is -0.370 e. The number of anilines is 1. The smallest absolute Gasteiger partial charge is 0.133 e. The molecule has 106 valence electrons.